The van der Waals surface area contributed by atoms with Crippen LogP contribution in [0.2, 0.25) is 0 Å². The second-order valence-corrected chi connectivity index (χ2v) is 14.2. The molecule has 1 aromatic carbocycles. The molecule has 0 saturated carbocycles. The number of likely N-dealkylation sites (N-methyl/N-ethyl adjacent to an activating group) is 1. The summed E-state index contributed by atoms with van der Waals surface area (Å²) < 4.78 is 19.9. The fourth-order valence-electron chi connectivity index (χ4n) is 5.21. The molecule has 2 heterocycles. The fraction of sp³-hybridized carbons (Fsp3) is 0.485. The molecule has 12 nitrogen and oxygen atoms in total. The molecule has 0 bridgehead atoms. The molecule has 0 saturated heterocycles. The first-order chi connectivity index (χ1) is 22.8. The number of aromatic amines is 1. The lowest BCUT2D eigenvalue weighted by molar-refractivity contribution is -0.125. The molecule has 3 rings (SSSR count). The van der Waals surface area contributed by atoms with Gasteiger partial charge < -0.3 is 31.0 Å². The maximum absolute atomic E-state index is 14.4. The van der Waals surface area contributed by atoms with Crippen molar-refractivity contribution in [3.05, 3.63) is 52.1 Å². The molecule has 0 unspecified atom stereocenters. The summed E-state index contributed by atoms with van der Waals surface area (Å²) in [5, 5.41) is 5.36. The molecular weight excluding hydrogens is 660 g/mol. The van der Waals surface area contributed by atoms with Gasteiger partial charge >= 0.3 is 6.09 Å². The molecule has 0 spiro atoms. The monoisotopic (exact) mass is 704 g/mol. The third-order valence-electron chi connectivity index (χ3n) is 7.85. The van der Waals surface area contributed by atoms with Crippen LogP contribution in [0, 0.1) is 19.7 Å². The van der Waals surface area contributed by atoms with Crippen molar-refractivity contribution in [2.75, 3.05) is 50.0 Å². The summed E-state index contributed by atoms with van der Waals surface area (Å²) in [6.07, 6.45) is 0.950. The number of ketones is 1. The summed E-state index contributed by atoms with van der Waals surface area (Å²) in [5.74, 6) is -1.93. The number of imide groups is 1. The molecule has 48 heavy (non-hydrogen) atoms. The number of carbonyl (C=O) groups excluding carboxylic acids is 5. The number of aromatic nitrogens is 1. The number of Topliss-reactive ketones (excluding diaryl/α,β-unsaturated/α-hetero) is 1. The molecule has 0 fully saturated rings. The third-order valence-corrected chi connectivity index (χ3v) is 10.6. The Bertz CT molecular complexity index is 1540. The Morgan fingerprint density at radius 2 is 1.90 bits per heavy atom. The molecule has 15 heteroatoms. The molecule has 0 radical (unpaired) electrons. The Hall–Kier alpha value is -3.66. The van der Waals surface area contributed by atoms with E-state index < -0.39 is 23.9 Å². The van der Waals surface area contributed by atoms with Gasteiger partial charge in [-0.05, 0) is 83.6 Å². The van der Waals surface area contributed by atoms with Gasteiger partial charge in [0.2, 0.25) is 5.91 Å². The van der Waals surface area contributed by atoms with Crippen molar-refractivity contribution in [2.24, 2.45) is 5.73 Å². The minimum atomic E-state index is -0.926. The van der Waals surface area contributed by atoms with Gasteiger partial charge in [0, 0.05) is 35.3 Å². The van der Waals surface area contributed by atoms with E-state index in [9.17, 15) is 28.4 Å². The van der Waals surface area contributed by atoms with E-state index in [1.54, 1.807) is 20.8 Å². The van der Waals surface area contributed by atoms with Gasteiger partial charge in [-0.15, -0.1) is 0 Å². The first kappa shape index (κ1) is 38.8. The van der Waals surface area contributed by atoms with Crippen LogP contribution >= 0.6 is 21.6 Å². The summed E-state index contributed by atoms with van der Waals surface area (Å²) in [4.78, 5) is 70.0. The van der Waals surface area contributed by atoms with Gasteiger partial charge in [0.1, 0.15) is 12.4 Å². The van der Waals surface area contributed by atoms with Crippen LogP contribution in [0.3, 0.4) is 0 Å². The zero-order chi connectivity index (χ0) is 35.5. The SMILES string of the molecule is CCN(CC)CCNC(=O)c1c(C)[nH]c(/C=C2\C(=O)N(C(=O)OC[C@@H](C)SSCC(=O)N[C@H](CCN)C(C)=O)c3ccc(F)cc32)c1C. The number of halogens is 1. The summed E-state index contributed by atoms with van der Waals surface area (Å²) in [6, 6.07) is 3.06. The van der Waals surface area contributed by atoms with Gasteiger partial charge in [0.15, 0.2) is 5.78 Å². The van der Waals surface area contributed by atoms with Gasteiger partial charge in [-0.25, -0.2) is 14.1 Å². The van der Waals surface area contributed by atoms with Crippen LogP contribution in [0.4, 0.5) is 14.9 Å². The minimum absolute atomic E-state index is 0.0671. The van der Waals surface area contributed by atoms with E-state index in [2.05, 4.69) is 34.4 Å². The van der Waals surface area contributed by atoms with Gasteiger partial charge in [-0.3, -0.25) is 19.2 Å². The molecule has 1 aliphatic rings. The van der Waals surface area contributed by atoms with Gasteiger partial charge in [0.05, 0.1) is 28.6 Å². The lowest BCUT2D eigenvalue weighted by atomic mass is 10.0. The van der Waals surface area contributed by atoms with Crippen molar-refractivity contribution in [3.8, 4) is 0 Å². The number of nitrogens with one attached hydrogen (secondary N) is 3. The maximum Gasteiger partial charge on any atom is 0.421 e. The zero-order valence-electron chi connectivity index (χ0n) is 28.2. The van der Waals surface area contributed by atoms with Crippen LogP contribution in [-0.2, 0) is 19.1 Å². The highest BCUT2D eigenvalue weighted by molar-refractivity contribution is 8.77. The number of H-pyrrole nitrogens is 1. The summed E-state index contributed by atoms with van der Waals surface area (Å²) in [5.41, 5.74) is 8.13. The Morgan fingerprint density at radius 3 is 2.54 bits per heavy atom. The highest BCUT2D eigenvalue weighted by atomic mass is 33.1. The number of carbonyl (C=O) groups is 5. The van der Waals surface area contributed by atoms with E-state index in [0.717, 1.165) is 24.1 Å². The van der Waals surface area contributed by atoms with Crippen molar-refractivity contribution in [1.82, 2.24) is 20.5 Å². The van der Waals surface area contributed by atoms with Crippen LogP contribution in [-0.4, -0.2) is 95.9 Å². The Kier molecular flexibility index (Phi) is 14.7. The molecule has 262 valence electrons. The Labute approximate surface area is 288 Å². The number of hydrogen-bond donors (Lipinski definition) is 4. The number of amides is 4. The smallest absolute Gasteiger partial charge is 0.421 e. The van der Waals surface area contributed by atoms with Gasteiger partial charge in [-0.2, -0.15) is 0 Å². The number of nitrogens with two attached hydrogens (primary N) is 1. The predicted molar refractivity (Wildman–Crippen MR) is 189 cm³/mol. The van der Waals surface area contributed by atoms with Crippen LogP contribution in [0.1, 0.15) is 67.0 Å². The molecule has 1 aliphatic heterocycles. The molecule has 2 aromatic rings. The van der Waals surface area contributed by atoms with Crippen LogP contribution in [0.5, 0.6) is 0 Å². The standard InChI is InChI=1S/C33H45FN6O6S2/c1-7-39(8-2)14-13-36-31(43)30-20(4)27(37-21(30)5)16-25-24-15-23(34)9-10-28(24)40(32(25)44)33(45)46-17-19(3)48-47-18-29(42)38-26(11-12-35)22(6)41/h9-10,15-16,19,26,37H,7-8,11-14,17-18,35H2,1-6H3,(H,36,43)(H,38,42)/b25-16-/t19-,26-/m1/s1. The lowest BCUT2D eigenvalue weighted by Crippen LogP contribution is -2.41. The number of nitrogens with zero attached hydrogens (tertiary/aromatic N) is 2. The molecule has 4 amide bonds. The van der Waals surface area contributed by atoms with Crippen LogP contribution in [0.15, 0.2) is 18.2 Å². The van der Waals surface area contributed by atoms with E-state index in [-0.39, 0.29) is 58.6 Å². The molecular formula is C33H45FN6O6S2. The quantitative estimate of drug-likeness (QED) is 0.139. The van der Waals surface area contributed by atoms with Crippen molar-refractivity contribution >= 4 is 68.5 Å². The zero-order valence-corrected chi connectivity index (χ0v) is 29.9. The normalized spacial score (nSPS) is 14.6. The number of hydrogen-bond acceptors (Lipinski definition) is 10. The number of rotatable bonds is 17. The maximum atomic E-state index is 14.4. The predicted octanol–water partition coefficient (Wildman–Crippen LogP) is 4.06. The van der Waals surface area contributed by atoms with E-state index in [1.165, 1.54) is 46.7 Å². The van der Waals surface area contributed by atoms with Crippen molar-refractivity contribution in [2.45, 2.75) is 59.3 Å². The second kappa shape index (κ2) is 18.2. The number of benzene rings is 1. The number of ether oxygens (including phenoxy) is 1. The highest BCUT2D eigenvalue weighted by Crippen LogP contribution is 2.39. The van der Waals surface area contributed by atoms with E-state index in [0.29, 0.717) is 42.0 Å². The highest BCUT2D eigenvalue weighted by Gasteiger charge is 2.38. The Balaban J connectivity index is 1.68. The average Bonchev–Trinajstić information content (AvgIpc) is 3.48. The lowest BCUT2D eigenvalue weighted by Gasteiger charge is -2.18. The van der Waals surface area contributed by atoms with Gasteiger partial charge in [-0.1, -0.05) is 35.4 Å². The summed E-state index contributed by atoms with van der Waals surface area (Å²) in [6.45, 7) is 14.0. The fourth-order valence-corrected chi connectivity index (χ4v) is 7.21. The first-order valence-corrected chi connectivity index (χ1v) is 18.2. The molecule has 5 N–H and O–H groups in total. The minimum Gasteiger partial charge on any atom is -0.448 e. The molecule has 2 atom stereocenters. The number of anilines is 1. The van der Waals surface area contributed by atoms with Crippen LogP contribution in [0.25, 0.3) is 11.6 Å². The van der Waals surface area contributed by atoms with Crippen LogP contribution < -0.4 is 21.3 Å². The number of aryl methyl sites for hydroxylation is 1. The van der Waals surface area contributed by atoms with Crippen molar-refractivity contribution in [1.29, 1.82) is 0 Å². The van der Waals surface area contributed by atoms with E-state index in [4.69, 9.17) is 10.5 Å². The molecule has 1 aromatic heterocycles. The number of fused-ring (bicyclic) bond motifs is 1. The topological polar surface area (TPSA) is 167 Å². The summed E-state index contributed by atoms with van der Waals surface area (Å²) in [7, 11) is 2.55. The van der Waals surface area contributed by atoms with Crippen molar-refractivity contribution < 1.29 is 33.1 Å². The van der Waals surface area contributed by atoms with Gasteiger partial charge in [0.25, 0.3) is 11.8 Å². The van der Waals surface area contributed by atoms with Crippen molar-refractivity contribution in [3.63, 3.8) is 0 Å². The van der Waals surface area contributed by atoms with E-state index >= 15 is 0 Å². The third kappa shape index (κ3) is 9.94. The average molecular weight is 705 g/mol. The van der Waals surface area contributed by atoms with E-state index in [1.807, 2.05) is 0 Å². The largest absolute Gasteiger partial charge is 0.448 e. The first-order valence-electron chi connectivity index (χ1n) is 15.8. The second-order valence-electron chi connectivity index (χ2n) is 11.4. The Morgan fingerprint density at radius 1 is 1.19 bits per heavy atom. The summed E-state index contributed by atoms with van der Waals surface area (Å²) >= 11 is 0. The molecule has 0 aliphatic carbocycles.